The van der Waals surface area contributed by atoms with Gasteiger partial charge in [0.25, 0.3) is 0 Å². The van der Waals surface area contributed by atoms with Crippen LogP contribution < -0.4 is 0 Å². The molecule has 0 saturated carbocycles. The van der Waals surface area contributed by atoms with E-state index in [-0.39, 0.29) is 10.8 Å². The first-order valence-electron chi connectivity index (χ1n) is 6.21. The van der Waals surface area contributed by atoms with Crippen LogP contribution in [0.1, 0.15) is 6.92 Å². The zero-order chi connectivity index (χ0) is 15.7. The van der Waals surface area contributed by atoms with Crippen molar-refractivity contribution < 1.29 is 4.92 Å². The molecule has 0 aliphatic heterocycles. The first kappa shape index (κ1) is 14.1. The molecule has 0 fully saturated rings. The molecule has 0 radical (unpaired) electrons. The summed E-state index contributed by atoms with van der Waals surface area (Å²) < 4.78 is 3.12. The van der Waals surface area contributed by atoms with Gasteiger partial charge < -0.3 is 14.7 Å². The first-order chi connectivity index (χ1) is 10.7. The fraction of sp³-hybridized carbons (Fsp3) is 0.182. The quantitative estimate of drug-likeness (QED) is 0.248. The van der Waals surface area contributed by atoms with Crippen molar-refractivity contribution in [3.8, 4) is 0 Å². The largest absolute Gasteiger partial charge is 0.396 e. The third-order valence-electron chi connectivity index (χ3n) is 2.95. The molecule has 3 rings (SSSR count). The van der Waals surface area contributed by atoms with E-state index in [1.54, 1.807) is 6.33 Å². The lowest BCUT2D eigenvalue weighted by atomic mass is 10.5. The highest BCUT2D eigenvalue weighted by molar-refractivity contribution is 7.99. The van der Waals surface area contributed by atoms with E-state index in [2.05, 4.69) is 19.9 Å². The van der Waals surface area contributed by atoms with Crippen molar-refractivity contribution in [2.45, 2.75) is 23.5 Å². The van der Waals surface area contributed by atoms with Crippen LogP contribution in [0, 0.1) is 15.5 Å². The van der Waals surface area contributed by atoms with Gasteiger partial charge in [-0.1, -0.05) is 0 Å². The van der Waals surface area contributed by atoms with Gasteiger partial charge in [0.05, 0.1) is 12.7 Å². The molecule has 1 N–H and O–H groups in total. The Bertz CT molecular complexity index is 870. The maximum atomic E-state index is 11.1. The monoisotopic (exact) mass is 318 g/mol. The third kappa shape index (κ3) is 2.20. The normalized spacial score (nSPS) is 11.0. The number of rotatable bonds is 5. The number of nitro groups is 1. The second-order valence-corrected chi connectivity index (χ2v) is 5.13. The summed E-state index contributed by atoms with van der Waals surface area (Å²) in [5.41, 5.74) is 1.21. The third-order valence-corrected chi connectivity index (χ3v) is 4.03. The van der Waals surface area contributed by atoms with Gasteiger partial charge in [-0.05, 0) is 28.6 Å². The number of nitrogens with one attached hydrogen (secondary N) is 1. The molecule has 3 aromatic rings. The number of aryl methyl sites for hydroxylation is 1. The van der Waals surface area contributed by atoms with E-state index in [4.69, 9.17) is 5.41 Å². The number of nitrogens with zero attached hydrogens (tertiary/aromatic N) is 7. The second kappa shape index (κ2) is 5.52. The van der Waals surface area contributed by atoms with Crippen LogP contribution in [0.25, 0.3) is 11.2 Å². The molecular formula is C11H10N8O2S. The standard InChI is InChI=1S/C11H10N8O2S/c1-2-17-5-15-8-7(17)10(14-4-13-8)22-11-9(19(20)21)16-6-18(11)3-12/h3-6,12H,2H2,1H3. The van der Waals surface area contributed by atoms with Crippen LogP contribution in [0.3, 0.4) is 0 Å². The zero-order valence-electron chi connectivity index (χ0n) is 11.4. The van der Waals surface area contributed by atoms with Crippen LogP contribution in [-0.4, -0.2) is 40.3 Å². The number of hydrogen-bond donors (Lipinski definition) is 1. The predicted octanol–water partition coefficient (Wildman–Crippen LogP) is 1.56. The van der Waals surface area contributed by atoms with Gasteiger partial charge in [0.1, 0.15) is 16.9 Å². The molecule has 0 aliphatic carbocycles. The molecule has 0 atom stereocenters. The summed E-state index contributed by atoms with van der Waals surface area (Å²) in [6.07, 6.45) is 5.18. The van der Waals surface area contributed by atoms with Gasteiger partial charge in [-0.25, -0.2) is 15.0 Å². The van der Waals surface area contributed by atoms with Crippen LogP contribution in [0.15, 0.2) is 29.0 Å². The summed E-state index contributed by atoms with van der Waals surface area (Å²) in [5.74, 6) is -0.317. The molecule has 0 aromatic carbocycles. The highest BCUT2D eigenvalue weighted by Crippen LogP contribution is 2.35. The number of hydrogen-bond acceptors (Lipinski definition) is 8. The Kier molecular flexibility index (Phi) is 3.55. The maximum absolute atomic E-state index is 11.1. The molecule has 0 amide bonds. The van der Waals surface area contributed by atoms with Crippen LogP contribution in [0.5, 0.6) is 0 Å². The second-order valence-electron chi connectivity index (χ2n) is 4.15. The fourth-order valence-corrected chi connectivity index (χ4v) is 2.96. The molecule has 3 aromatic heterocycles. The molecule has 10 nitrogen and oxygen atoms in total. The van der Waals surface area contributed by atoms with Gasteiger partial charge in [-0.15, -0.1) is 0 Å². The number of fused-ring (bicyclic) bond motifs is 1. The minimum Gasteiger partial charge on any atom is -0.358 e. The van der Waals surface area contributed by atoms with Crippen LogP contribution >= 0.6 is 11.8 Å². The lowest BCUT2D eigenvalue weighted by Crippen LogP contribution is -1.99. The molecule has 22 heavy (non-hydrogen) atoms. The van der Waals surface area contributed by atoms with Crippen molar-refractivity contribution in [3.63, 3.8) is 0 Å². The molecule has 0 unspecified atom stereocenters. The van der Waals surface area contributed by atoms with Gasteiger partial charge in [-0.3, -0.25) is 9.98 Å². The summed E-state index contributed by atoms with van der Waals surface area (Å²) >= 11 is 1.06. The van der Waals surface area contributed by atoms with E-state index in [1.807, 2.05) is 11.5 Å². The minimum absolute atomic E-state index is 0.212. The van der Waals surface area contributed by atoms with Gasteiger partial charge in [-0.2, -0.15) is 0 Å². The molecule has 0 bridgehead atoms. The van der Waals surface area contributed by atoms with Gasteiger partial charge in [0, 0.05) is 6.54 Å². The average molecular weight is 318 g/mol. The predicted molar refractivity (Wildman–Crippen MR) is 78.2 cm³/mol. The first-order valence-corrected chi connectivity index (χ1v) is 7.02. The van der Waals surface area contributed by atoms with Crippen molar-refractivity contribution in [2.75, 3.05) is 0 Å². The Labute approximate surface area is 127 Å². The molecule has 11 heteroatoms. The summed E-state index contributed by atoms with van der Waals surface area (Å²) in [4.78, 5) is 26.7. The summed E-state index contributed by atoms with van der Waals surface area (Å²) in [7, 11) is 0. The van der Waals surface area contributed by atoms with Crippen molar-refractivity contribution in [1.29, 1.82) is 5.41 Å². The van der Waals surface area contributed by atoms with E-state index in [1.165, 1.54) is 17.2 Å². The lowest BCUT2D eigenvalue weighted by Gasteiger charge is -2.05. The Morgan fingerprint density at radius 1 is 1.36 bits per heavy atom. The van der Waals surface area contributed by atoms with Crippen molar-refractivity contribution >= 4 is 35.1 Å². The van der Waals surface area contributed by atoms with E-state index >= 15 is 0 Å². The topological polar surface area (TPSA) is 128 Å². The maximum Gasteiger partial charge on any atom is 0.396 e. The SMILES string of the molecule is CCn1cnc2ncnc(Sc3c([N+](=O)[O-])ncn3C=N)c21. The van der Waals surface area contributed by atoms with Gasteiger partial charge in [0.15, 0.2) is 10.7 Å². The van der Waals surface area contributed by atoms with Crippen LogP contribution in [0.2, 0.25) is 0 Å². The highest BCUT2D eigenvalue weighted by Gasteiger charge is 2.24. The van der Waals surface area contributed by atoms with Crippen molar-refractivity contribution in [1.82, 2.24) is 29.1 Å². The molecular weight excluding hydrogens is 308 g/mol. The molecule has 112 valence electrons. The Hall–Kier alpha value is -2.82. The molecule has 3 heterocycles. The molecule has 0 spiro atoms. The molecule has 0 aliphatic rings. The van der Waals surface area contributed by atoms with E-state index in [9.17, 15) is 10.1 Å². The fourth-order valence-electron chi connectivity index (χ4n) is 1.94. The van der Waals surface area contributed by atoms with E-state index in [0.29, 0.717) is 22.7 Å². The van der Waals surface area contributed by atoms with Crippen molar-refractivity contribution in [2.24, 2.45) is 0 Å². The van der Waals surface area contributed by atoms with E-state index < -0.39 is 4.92 Å². The van der Waals surface area contributed by atoms with Crippen LogP contribution in [-0.2, 0) is 6.54 Å². The lowest BCUT2D eigenvalue weighted by molar-refractivity contribution is -0.392. The minimum atomic E-state index is -0.585. The van der Waals surface area contributed by atoms with Crippen molar-refractivity contribution in [3.05, 3.63) is 29.1 Å². The number of aromatic nitrogens is 6. The summed E-state index contributed by atoms with van der Waals surface area (Å²) in [5, 5.41) is 19.1. The smallest absolute Gasteiger partial charge is 0.358 e. The summed E-state index contributed by atoms with van der Waals surface area (Å²) in [6.45, 7) is 2.62. The number of imidazole rings is 2. The van der Waals surface area contributed by atoms with Gasteiger partial charge >= 0.3 is 5.82 Å². The Balaban J connectivity index is 2.15. The highest BCUT2D eigenvalue weighted by atomic mass is 32.2. The van der Waals surface area contributed by atoms with Crippen LogP contribution in [0.4, 0.5) is 5.82 Å². The zero-order valence-corrected chi connectivity index (χ0v) is 12.2. The Morgan fingerprint density at radius 2 is 2.18 bits per heavy atom. The molecule has 0 saturated heterocycles. The summed E-state index contributed by atoms with van der Waals surface area (Å²) in [6, 6.07) is 0. The van der Waals surface area contributed by atoms with E-state index in [0.717, 1.165) is 18.1 Å². The Morgan fingerprint density at radius 3 is 2.86 bits per heavy atom. The average Bonchev–Trinajstić information content (AvgIpc) is 3.11. The van der Waals surface area contributed by atoms with Gasteiger partial charge in [0.2, 0.25) is 6.33 Å².